The smallest absolute Gasteiger partial charge is 0.282 e. The molecule has 7 nitrogen and oxygen atoms in total. The molecule has 0 spiro atoms. The van der Waals surface area contributed by atoms with Gasteiger partial charge < -0.3 is 9.47 Å². The molecule has 3 rings (SSSR count). The zero-order valence-electron chi connectivity index (χ0n) is 17.1. The third-order valence-corrected chi connectivity index (χ3v) is 5.26. The van der Waals surface area contributed by atoms with Crippen LogP contribution in [0.2, 0.25) is 5.02 Å². The van der Waals surface area contributed by atoms with Crippen molar-refractivity contribution in [2.45, 2.75) is 26.2 Å². The molecule has 2 aromatic carbocycles. The molecule has 0 amide bonds. The van der Waals surface area contributed by atoms with Gasteiger partial charge in [0, 0.05) is 10.9 Å². The highest BCUT2D eigenvalue weighted by molar-refractivity contribution is 9.10. The average molecular weight is 504 g/mol. The van der Waals surface area contributed by atoms with Crippen LogP contribution in [0.25, 0.3) is 10.9 Å². The quantitative estimate of drug-likeness (QED) is 0.406. The minimum Gasteiger partial charge on any atom is -0.493 e. The number of nitrogens with zero attached hydrogens (tertiary/aromatic N) is 4. The molecule has 0 fully saturated rings. The van der Waals surface area contributed by atoms with E-state index in [0.717, 1.165) is 17.3 Å². The number of aromatic nitrogens is 2. The Labute approximate surface area is 193 Å². The first-order chi connectivity index (χ1) is 15.0. The molecule has 0 bridgehead atoms. The van der Waals surface area contributed by atoms with Crippen LogP contribution >= 0.6 is 27.5 Å². The molecule has 0 radical (unpaired) electrons. The molecule has 0 atom stereocenters. The van der Waals surface area contributed by atoms with Crippen LogP contribution in [0.3, 0.4) is 0 Å². The molecule has 0 saturated heterocycles. The lowest BCUT2D eigenvalue weighted by Gasteiger charge is -2.11. The maximum absolute atomic E-state index is 13.1. The van der Waals surface area contributed by atoms with Crippen LogP contribution in [-0.2, 0) is 6.42 Å². The van der Waals surface area contributed by atoms with Crippen molar-refractivity contribution in [3.05, 3.63) is 61.6 Å². The number of fused-ring (bicyclic) bond motifs is 1. The molecule has 0 unspecified atom stereocenters. The Bertz CT molecular complexity index is 1230. The van der Waals surface area contributed by atoms with Gasteiger partial charge in [-0.25, -0.2) is 4.98 Å². The molecule has 9 heteroatoms. The maximum Gasteiger partial charge on any atom is 0.282 e. The average Bonchev–Trinajstić information content (AvgIpc) is 2.76. The Morgan fingerprint density at radius 3 is 2.87 bits per heavy atom. The summed E-state index contributed by atoms with van der Waals surface area (Å²) in [5.41, 5.74) is 0.990. The standard InChI is InChI=1S/C22H20BrClN4O3/c1-3-4-5-20-27-18-7-6-15(23)12-16(18)22(29)28(20)26-13-14-10-17(24)21(31-9-8-25)19(11-14)30-2/h6-7,10-13H,3-5,9H2,1-2H3. The zero-order valence-corrected chi connectivity index (χ0v) is 19.4. The van der Waals surface area contributed by atoms with E-state index in [9.17, 15) is 4.79 Å². The van der Waals surface area contributed by atoms with Crippen molar-refractivity contribution in [2.75, 3.05) is 13.7 Å². The van der Waals surface area contributed by atoms with Crippen LogP contribution in [0.5, 0.6) is 11.5 Å². The first-order valence-electron chi connectivity index (χ1n) is 9.61. The van der Waals surface area contributed by atoms with Crippen LogP contribution in [0.15, 0.2) is 44.7 Å². The van der Waals surface area contributed by atoms with Gasteiger partial charge in [0.25, 0.3) is 5.56 Å². The number of methoxy groups -OCH3 is 1. The highest BCUT2D eigenvalue weighted by Crippen LogP contribution is 2.36. The van der Waals surface area contributed by atoms with Gasteiger partial charge >= 0.3 is 0 Å². The van der Waals surface area contributed by atoms with Crippen LogP contribution in [0.1, 0.15) is 31.2 Å². The van der Waals surface area contributed by atoms with E-state index in [0.29, 0.717) is 34.5 Å². The first kappa shape index (κ1) is 22.8. The van der Waals surface area contributed by atoms with E-state index in [4.69, 9.17) is 26.3 Å². The number of hydrogen-bond acceptors (Lipinski definition) is 6. The van der Waals surface area contributed by atoms with Crippen molar-refractivity contribution in [1.29, 1.82) is 5.26 Å². The molecule has 0 aliphatic carbocycles. The first-order valence-corrected chi connectivity index (χ1v) is 10.8. The van der Waals surface area contributed by atoms with E-state index in [1.54, 1.807) is 18.2 Å². The number of nitriles is 1. The number of aryl methyl sites for hydroxylation is 1. The van der Waals surface area contributed by atoms with Crippen molar-refractivity contribution in [3.8, 4) is 17.6 Å². The molecule has 0 saturated carbocycles. The SMILES string of the molecule is CCCCc1nc2ccc(Br)cc2c(=O)n1N=Cc1cc(Cl)c(OCC#N)c(OC)c1. The predicted molar refractivity (Wildman–Crippen MR) is 124 cm³/mol. The Balaban J connectivity index is 2.07. The summed E-state index contributed by atoms with van der Waals surface area (Å²) in [6.45, 7) is 1.92. The van der Waals surface area contributed by atoms with E-state index in [2.05, 4.69) is 32.9 Å². The summed E-state index contributed by atoms with van der Waals surface area (Å²) in [5, 5.41) is 13.9. The van der Waals surface area contributed by atoms with Crippen LogP contribution in [-0.4, -0.2) is 29.6 Å². The summed E-state index contributed by atoms with van der Waals surface area (Å²) in [7, 11) is 1.48. The molecule has 0 aliphatic heterocycles. The van der Waals surface area contributed by atoms with E-state index < -0.39 is 0 Å². The summed E-state index contributed by atoms with van der Waals surface area (Å²) in [5.74, 6) is 1.23. The van der Waals surface area contributed by atoms with E-state index in [-0.39, 0.29) is 22.9 Å². The number of halogens is 2. The summed E-state index contributed by atoms with van der Waals surface area (Å²) < 4.78 is 12.8. The third kappa shape index (κ3) is 5.24. The summed E-state index contributed by atoms with van der Waals surface area (Å²) in [6, 6.07) is 10.6. The minimum atomic E-state index is -0.249. The molecule has 160 valence electrons. The summed E-state index contributed by atoms with van der Waals surface area (Å²) in [4.78, 5) is 17.8. The number of benzene rings is 2. The van der Waals surface area contributed by atoms with Gasteiger partial charge in [-0.2, -0.15) is 15.0 Å². The van der Waals surface area contributed by atoms with E-state index in [1.807, 2.05) is 18.2 Å². The van der Waals surface area contributed by atoms with Gasteiger partial charge in [-0.15, -0.1) is 0 Å². The molecule has 31 heavy (non-hydrogen) atoms. The lowest BCUT2D eigenvalue weighted by atomic mass is 10.2. The normalized spacial score (nSPS) is 11.1. The number of hydrogen-bond donors (Lipinski definition) is 0. The van der Waals surface area contributed by atoms with E-state index >= 15 is 0 Å². The predicted octanol–water partition coefficient (Wildman–Crippen LogP) is 4.95. The number of ether oxygens (including phenoxy) is 2. The topological polar surface area (TPSA) is 89.5 Å². The Morgan fingerprint density at radius 1 is 1.35 bits per heavy atom. The van der Waals surface area contributed by atoms with Crippen molar-refractivity contribution in [1.82, 2.24) is 9.66 Å². The Kier molecular flexibility index (Phi) is 7.66. The van der Waals surface area contributed by atoms with Crippen molar-refractivity contribution < 1.29 is 9.47 Å². The Hall–Kier alpha value is -2.89. The van der Waals surface area contributed by atoms with Crippen LogP contribution in [0, 0.1) is 11.3 Å². The van der Waals surface area contributed by atoms with Crippen LogP contribution in [0.4, 0.5) is 0 Å². The van der Waals surface area contributed by atoms with Crippen molar-refractivity contribution in [2.24, 2.45) is 5.10 Å². The second-order valence-electron chi connectivity index (χ2n) is 6.64. The largest absolute Gasteiger partial charge is 0.493 e. The lowest BCUT2D eigenvalue weighted by molar-refractivity contribution is 0.330. The molecule has 1 aromatic heterocycles. The lowest BCUT2D eigenvalue weighted by Crippen LogP contribution is -2.22. The van der Waals surface area contributed by atoms with Crippen LogP contribution < -0.4 is 15.0 Å². The second-order valence-corrected chi connectivity index (χ2v) is 7.96. The van der Waals surface area contributed by atoms with Gasteiger partial charge in [-0.3, -0.25) is 4.79 Å². The molecular weight excluding hydrogens is 484 g/mol. The summed E-state index contributed by atoms with van der Waals surface area (Å²) in [6.07, 6.45) is 3.99. The van der Waals surface area contributed by atoms with E-state index in [1.165, 1.54) is 18.0 Å². The second kappa shape index (κ2) is 10.4. The zero-order chi connectivity index (χ0) is 22.4. The van der Waals surface area contributed by atoms with Gasteiger partial charge in [0.05, 0.1) is 29.2 Å². The molecular formula is C22H20BrClN4O3. The highest BCUT2D eigenvalue weighted by atomic mass is 79.9. The maximum atomic E-state index is 13.1. The van der Waals surface area contributed by atoms with Gasteiger partial charge in [0.2, 0.25) is 0 Å². The fourth-order valence-corrected chi connectivity index (χ4v) is 3.63. The van der Waals surface area contributed by atoms with Gasteiger partial charge in [-0.05, 0) is 42.3 Å². The molecule has 0 aliphatic rings. The third-order valence-electron chi connectivity index (χ3n) is 4.48. The van der Waals surface area contributed by atoms with Crippen molar-refractivity contribution in [3.63, 3.8) is 0 Å². The fourth-order valence-electron chi connectivity index (χ4n) is 2.99. The number of unbranched alkanes of at least 4 members (excludes halogenated alkanes) is 1. The monoisotopic (exact) mass is 502 g/mol. The minimum absolute atomic E-state index is 0.155. The van der Waals surface area contributed by atoms with Gasteiger partial charge in [0.15, 0.2) is 18.1 Å². The molecule has 1 heterocycles. The molecule has 3 aromatic rings. The summed E-state index contributed by atoms with van der Waals surface area (Å²) >= 11 is 9.70. The van der Waals surface area contributed by atoms with Crippen molar-refractivity contribution >= 4 is 44.6 Å². The fraction of sp³-hybridized carbons (Fsp3) is 0.273. The Morgan fingerprint density at radius 2 is 2.16 bits per heavy atom. The van der Waals surface area contributed by atoms with Gasteiger partial charge in [-0.1, -0.05) is 40.9 Å². The van der Waals surface area contributed by atoms with Gasteiger partial charge in [0.1, 0.15) is 11.9 Å². The highest BCUT2D eigenvalue weighted by Gasteiger charge is 2.13. The number of rotatable bonds is 8. The molecule has 0 N–H and O–H groups in total.